The first kappa shape index (κ1) is 14.3. The fourth-order valence-electron chi connectivity index (χ4n) is 2.51. The minimum atomic E-state index is -0.0874. The van der Waals surface area contributed by atoms with E-state index < -0.39 is 0 Å². The maximum Gasteiger partial charge on any atom is 0.309 e. The molecular formula is C14H20N5O+. The second kappa shape index (κ2) is 7.43. The monoisotopic (exact) mass is 274 g/mol. The molecule has 0 radical (unpaired) electrons. The number of amides is 1. The van der Waals surface area contributed by atoms with E-state index in [9.17, 15) is 4.79 Å². The Bertz CT molecular complexity index is 471. The van der Waals surface area contributed by atoms with E-state index in [-0.39, 0.29) is 11.9 Å². The second-order valence-electron chi connectivity index (χ2n) is 5.16. The van der Waals surface area contributed by atoms with Crippen molar-refractivity contribution < 1.29 is 4.79 Å². The van der Waals surface area contributed by atoms with Crippen molar-refractivity contribution in [2.24, 2.45) is 0 Å². The summed E-state index contributed by atoms with van der Waals surface area (Å²) in [5.74, 6) is 0.311. The van der Waals surface area contributed by atoms with Gasteiger partial charge in [0.05, 0.1) is 5.56 Å². The molecule has 0 aromatic carbocycles. The minimum Gasteiger partial charge on any atom is -0.349 e. The average Bonchev–Trinajstić information content (AvgIpc) is 2.43. The Morgan fingerprint density at radius 3 is 2.50 bits per heavy atom. The Kier molecular flexibility index (Phi) is 5.30. The predicted octanol–water partition coefficient (Wildman–Crippen LogP) is 3.10. The summed E-state index contributed by atoms with van der Waals surface area (Å²) < 4.78 is 0. The lowest BCUT2D eigenvalue weighted by Crippen LogP contribution is -2.35. The number of nitrogens with one attached hydrogen (secondary N) is 2. The standard InChI is InChI=1S/C14H19N5O/c15-19-18-13-9-8-11(10-16-13)14(20)17-12-6-4-2-1-3-5-7-12/h8-10,12H,1-7H2,(H-,16,17,18,20)/p+1. The Balaban J connectivity index is 1.91. The second-order valence-corrected chi connectivity index (χ2v) is 5.16. The van der Waals surface area contributed by atoms with Crippen LogP contribution in [0.25, 0.3) is 5.08 Å². The number of pyridine rings is 1. The number of diazo groups is 1. The smallest absolute Gasteiger partial charge is 0.309 e. The lowest BCUT2D eigenvalue weighted by Gasteiger charge is -2.20. The lowest BCUT2D eigenvalue weighted by molar-refractivity contribution is 0.0930. The number of rotatable bonds is 3. The summed E-state index contributed by atoms with van der Waals surface area (Å²) in [6.07, 6.45) is 9.80. The molecule has 0 spiro atoms. The molecule has 1 aliphatic rings. The number of hydrogen-bond acceptors (Lipinski definition) is 4. The predicted molar refractivity (Wildman–Crippen MR) is 76.5 cm³/mol. The SMILES string of the molecule is N#[N+]Nc1ccc(C(=O)NC2CCCCCCC2)cn1. The van der Waals surface area contributed by atoms with Gasteiger partial charge in [0.2, 0.25) is 5.82 Å². The number of hydrogen-bond donors (Lipinski definition) is 2. The zero-order valence-electron chi connectivity index (χ0n) is 11.5. The molecule has 0 saturated heterocycles. The van der Waals surface area contributed by atoms with E-state index in [1.807, 2.05) is 0 Å². The minimum absolute atomic E-state index is 0.0874. The summed E-state index contributed by atoms with van der Waals surface area (Å²) >= 11 is 0. The number of carbonyl (C=O) groups excluding carboxylic acids is 1. The molecule has 106 valence electrons. The van der Waals surface area contributed by atoms with Gasteiger partial charge in [0.15, 0.2) is 0 Å². The van der Waals surface area contributed by atoms with Gasteiger partial charge in [0.1, 0.15) is 0 Å². The quantitative estimate of drug-likeness (QED) is 0.655. The summed E-state index contributed by atoms with van der Waals surface area (Å²) in [4.78, 5) is 16.1. The third-order valence-electron chi connectivity index (χ3n) is 3.63. The van der Waals surface area contributed by atoms with Crippen molar-refractivity contribution >= 4 is 11.7 Å². The third kappa shape index (κ3) is 4.19. The molecular weight excluding hydrogens is 254 g/mol. The van der Waals surface area contributed by atoms with E-state index in [2.05, 4.69) is 20.8 Å². The summed E-state index contributed by atoms with van der Waals surface area (Å²) in [7, 11) is 0. The molecule has 0 atom stereocenters. The van der Waals surface area contributed by atoms with Gasteiger partial charge in [-0.3, -0.25) is 4.79 Å². The van der Waals surface area contributed by atoms with Gasteiger partial charge in [-0.25, -0.2) is 4.98 Å². The highest BCUT2D eigenvalue weighted by Gasteiger charge is 2.15. The average molecular weight is 274 g/mol. The van der Waals surface area contributed by atoms with Gasteiger partial charge in [-0.1, -0.05) is 32.1 Å². The highest BCUT2D eigenvalue weighted by atomic mass is 16.1. The first-order valence-electron chi connectivity index (χ1n) is 7.16. The van der Waals surface area contributed by atoms with Crippen LogP contribution < -0.4 is 10.7 Å². The van der Waals surface area contributed by atoms with Crippen molar-refractivity contribution in [1.82, 2.24) is 10.3 Å². The molecule has 1 amide bonds. The van der Waals surface area contributed by atoms with Gasteiger partial charge in [-0.2, -0.15) is 0 Å². The van der Waals surface area contributed by atoms with Crippen LogP contribution in [0.3, 0.4) is 0 Å². The summed E-state index contributed by atoms with van der Waals surface area (Å²) in [5, 5.41) is 14.2. The molecule has 2 rings (SSSR count). The zero-order valence-corrected chi connectivity index (χ0v) is 11.5. The molecule has 1 saturated carbocycles. The topological polar surface area (TPSA) is 82.2 Å². The summed E-state index contributed by atoms with van der Waals surface area (Å²) in [5.41, 5.74) is 2.83. The molecule has 20 heavy (non-hydrogen) atoms. The summed E-state index contributed by atoms with van der Waals surface area (Å²) in [6.45, 7) is 0. The first-order chi connectivity index (χ1) is 9.79. The molecule has 0 bridgehead atoms. The number of nitrogens with zero attached hydrogens (tertiary/aromatic N) is 3. The van der Waals surface area contributed by atoms with E-state index in [4.69, 9.17) is 5.39 Å². The normalized spacial score (nSPS) is 16.6. The molecule has 0 aliphatic heterocycles. The van der Waals surface area contributed by atoms with E-state index in [1.54, 1.807) is 12.1 Å². The van der Waals surface area contributed by atoms with Gasteiger partial charge in [0, 0.05) is 17.7 Å². The molecule has 1 heterocycles. The number of carbonyl (C=O) groups is 1. The van der Waals surface area contributed by atoms with Crippen molar-refractivity contribution in [3.8, 4) is 0 Å². The van der Waals surface area contributed by atoms with Crippen LogP contribution in [-0.2, 0) is 0 Å². The highest BCUT2D eigenvalue weighted by Crippen LogP contribution is 2.17. The van der Waals surface area contributed by atoms with E-state index in [1.165, 1.54) is 38.3 Å². The highest BCUT2D eigenvalue weighted by molar-refractivity contribution is 5.94. The van der Waals surface area contributed by atoms with E-state index in [0.29, 0.717) is 11.4 Å². The van der Waals surface area contributed by atoms with Crippen LogP contribution in [0.1, 0.15) is 55.3 Å². The van der Waals surface area contributed by atoms with Crippen LogP contribution in [0.2, 0.25) is 0 Å². The molecule has 1 aromatic heterocycles. The Morgan fingerprint density at radius 2 is 1.90 bits per heavy atom. The fraction of sp³-hybridized carbons (Fsp3) is 0.571. The van der Waals surface area contributed by atoms with Crippen molar-refractivity contribution in [3.63, 3.8) is 0 Å². The lowest BCUT2D eigenvalue weighted by atomic mass is 9.96. The van der Waals surface area contributed by atoms with Crippen molar-refractivity contribution in [2.75, 3.05) is 5.43 Å². The molecule has 6 heteroatoms. The van der Waals surface area contributed by atoms with Crippen LogP contribution in [0.4, 0.5) is 5.82 Å². The third-order valence-corrected chi connectivity index (χ3v) is 3.63. The number of aromatic nitrogens is 1. The van der Waals surface area contributed by atoms with Gasteiger partial charge in [0.25, 0.3) is 11.3 Å². The fourth-order valence-corrected chi connectivity index (χ4v) is 2.51. The van der Waals surface area contributed by atoms with Gasteiger partial charge >= 0.3 is 5.08 Å². The molecule has 0 unspecified atom stereocenters. The Hall–Kier alpha value is -2.16. The van der Waals surface area contributed by atoms with Crippen molar-refractivity contribution in [1.29, 1.82) is 5.39 Å². The molecule has 1 aromatic rings. The first-order valence-corrected chi connectivity index (χ1v) is 7.16. The van der Waals surface area contributed by atoms with E-state index in [0.717, 1.165) is 12.8 Å². The van der Waals surface area contributed by atoms with Gasteiger partial charge < -0.3 is 5.32 Å². The molecule has 6 nitrogen and oxygen atoms in total. The van der Waals surface area contributed by atoms with Crippen LogP contribution in [0.15, 0.2) is 18.3 Å². The van der Waals surface area contributed by atoms with Gasteiger partial charge in [-0.05, 0) is 25.0 Å². The molecule has 1 fully saturated rings. The van der Waals surface area contributed by atoms with E-state index >= 15 is 0 Å². The van der Waals surface area contributed by atoms with Gasteiger partial charge in [-0.15, -0.1) is 0 Å². The van der Waals surface area contributed by atoms with Crippen LogP contribution in [0.5, 0.6) is 0 Å². The molecule has 2 N–H and O–H groups in total. The summed E-state index contributed by atoms with van der Waals surface area (Å²) in [6, 6.07) is 3.54. The van der Waals surface area contributed by atoms with Crippen LogP contribution in [0, 0.1) is 5.39 Å². The van der Waals surface area contributed by atoms with Crippen molar-refractivity contribution in [2.45, 2.75) is 51.0 Å². The van der Waals surface area contributed by atoms with Crippen LogP contribution in [-0.4, -0.2) is 16.9 Å². The Morgan fingerprint density at radius 1 is 1.20 bits per heavy atom. The molecule has 1 aliphatic carbocycles. The maximum absolute atomic E-state index is 12.1. The maximum atomic E-state index is 12.1. The largest absolute Gasteiger partial charge is 0.349 e. The van der Waals surface area contributed by atoms with Crippen molar-refractivity contribution in [3.05, 3.63) is 29.0 Å². The number of anilines is 1. The van der Waals surface area contributed by atoms with Crippen LogP contribution >= 0.6 is 0 Å². The zero-order chi connectivity index (χ0) is 14.2. The Labute approximate surface area is 118 Å².